The predicted octanol–water partition coefficient (Wildman–Crippen LogP) is 3.98. The Bertz CT molecular complexity index is 2030. The van der Waals surface area contributed by atoms with E-state index in [9.17, 15) is 9.59 Å². The van der Waals surface area contributed by atoms with Gasteiger partial charge in [-0.1, -0.05) is 13.8 Å². The molecule has 0 spiro atoms. The summed E-state index contributed by atoms with van der Waals surface area (Å²) in [6.45, 7) is 13.1. The summed E-state index contributed by atoms with van der Waals surface area (Å²) >= 11 is 0. The van der Waals surface area contributed by atoms with Crippen LogP contribution in [-0.2, 0) is 44.7 Å². The van der Waals surface area contributed by atoms with Gasteiger partial charge in [0.1, 0.15) is 0 Å². The third-order valence-electron chi connectivity index (χ3n) is 9.74. The minimum Gasteiger partial charge on any atom is -0.469 e. The van der Waals surface area contributed by atoms with Crippen molar-refractivity contribution in [3.05, 3.63) is 88.7 Å². The van der Waals surface area contributed by atoms with E-state index in [1.165, 1.54) is 53.2 Å². The van der Waals surface area contributed by atoms with Crippen LogP contribution in [0.2, 0.25) is 0 Å². The molecule has 0 amide bonds. The normalized spacial score (nSPS) is 12.2. The first-order valence-electron chi connectivity index (χ1n) is 16.5. The maximum Gasteiger partial charge on any atom is 0.305 e. The van der Waals surface area contributed by atoms with Crippen molar-refractivity contribution in [3.8, 4) is 0 Å². The lowest BCUT2D eigenvalue weighted by atomic mass is 10.0. The second-order valence-electron chi connectivity index (χ2n) is 12.4. The number of hydrogen-bond donors (Lipinski definition) is 4. The summed E-state index contributed by atoms with van der Waals surface area (Å²) in [7, 11) is 2.87. The first-order chi connectivity index (χ1) is 22.1. The summed E-state index contributed by atoms with van der Waals surface area (Å²) in [6.07, 6.45) is 14.3. The zero-order chi connectivity index (χ0) is 33.1. The van der Waals surface area contributed by atoms with E-state index in [-0.39, 0.29) is 11.9 Å². The summed E-state index contributed by atoms with van der Waals surface area (Å²) in [5.74, 6) is -0.396. The highest BCUT2D eigenvalue weighted by molar-refractivity contribution is 5.70. The number of ether oxygens (including phenoxy) is 2. The van der Waals surface area contributed by atoms with Gasteiger partial charge in [-0.3, -0.25) is 9.59 Å². The zero-order valence-corrected chi connectivity index (χ0v) is 28.6. The fourth-order valence-electron chi connectivity index (χ4n) is 6.94. The smallest absolute Gasteiger partial charge is 0.305 e. The Kier molecular flexibility index (Phi) is 9.94. The molecule has 1 aliphatic heterocycles. The van der Waals surface area contributed by atoms with Crippen molar-refractivity contribution in [2.24, 2.45) is 0 Å². The third kappa shape index (κ3) is 6.43. The van der Waals surface area contributed by atoms with Crippen LogP contribution in [0.4, 0.5) is 0 Å². The summed E-state index contributed by atoms with van der Waals surface area (Å²) in [5.41, 5.74) is 14.1. The molecule has 0 saturated heterocycles. The van der Waals surface area contributed by atoms with Gasteiger partial charge in [-0.05, 0) is 135 Å². The van der Waals surface area contributed by atoms with E-state index in [0.29, 0.717) is 25.7 Å². The van der Waals surface area contributed by atoms with Gasteiger partial charge < -0.3 is 29.4 Å². The number of carbonyl (C=O) groups excluding carboxylic acids is 2. The van der Waals surface area contributed by atoms with Crippen molar-refractivity contribution < 1.29 is 19.1 Å². The monoisotopic (exact) mass is 624 g/mol. The molecular weight excluding hydrogens is 576 g/mol. The molecule has 0 aromatic carbocycles. The molecule has 5 rings (SSSR count). The number of methoxy groups -OCH3 is 2. The van der Waals surface area contributed by atoms with E-state index in [1.54, 1.807) is 0 Å². The number of H-pyrrole nitrogens is 4. The van der Waals surface area contributed by atoms with Crippen molar-refractivity contribution in [1.82, 2.24) is 19.9 Å². The van der Waals surface area contributed by atoms with Crippen LogP contribution in [0.25, 0.3) is 24.3 Å². The van der Waals surface area contributed by atoms with Crippen molar-refractivity contribution in [1.29, 1.82) is 0 Å². The Morgan fingerprint density at radius 2 is 0.935 bits per heavy atom. The number of esters is 2. The third-order valence-corrected chi connectivity index (χ3v) is 9.74. The minimum atomic E-state index is -0.198. The van der Waals surface area contributed by atoms with E-state index >= 15 is 0 Å². The molecule has 0 atom stereocenters. The Hall–Kier alpha value is -4.46. The quantitative estimate of drug-likeness (QED) is 0.176. The molecule has 0 fully saturated rings. The number of aromatic nitrogens is 4. The Morgan fingerprint density at radius 1 is 0.522 bits per heavy atom. The van der Waals surface area contributed by atoms with Gasteiger partial charge in [0, 0.05) is 57.0 Å². The van der Waals surface area contributed by atoms with Crippen molar-refractivity contribution in [3.63, 3.8) is 0 Å². The lowest BCUT2D eigenvalue weighted by molar-refractivity contribution is -0.141. The summed E-state index contributed by atoms with van der Waals surface area (Å²) < 4.78 is 9.84. The predicted molar refractivity (Wildman–Crippen MR) is 184 cm³/mol. The molecule has 4 N–H and O–H groups in total. The van der Waals surface area contributed by atoms with Crippen molar-refractivity contribution >= 4 is 36.2 Å². The fourth-order valence-corrected chi connectivity index (χ4v) is 6.94. The van der Waals surface area contributed by atoms with Gasteiger partial charge in [0.25, 0.3) is 0 Å². The molecule has 0 radical (unpaired) electrons. The highest BCUT2D eigenvalue weighted by atomic mass is 16.5. The van der Waals surface area contributed by atoms with Crippen LogP contribution in [0.5, 0.6) is 0 Å². The van der Waals surface area contributed by atoms with Crippen LogP contribution in [-0.4, -0.2) is 46.1 Å². The van der Waals surface area contributed by atoms with Gasteiger partial charge in [0.15, 0.2) is 0 Å². The Morgan fingerprint density at radius 3 is 1.48 bits per heavy atom. The van der Waals surface area contributed by atoms with Crippen LogP contribution in [0.3, 0.4) is 0 Å². The van der Waals surface area contributed by atoms with Crippen LogP contribution in [0.1, 0.15) is 107 Å². The van der Waals surface area contributed by atoms with Crippen molar-refractivity contribution in [2.45, 2.75) is 92.9 Å². The molecule has 4 aromatic heterocycles. The number of aromatic amines is 4. The summed E-state index contributed by atoms with van der Waals surface area (Å²) in [6, 6.07) is 0. The fraction of sp³-hybridized carbons (Fsp3) is 0.421. The molecule has 5 heterocycles. The van der Waals surface area contributed by atoms with E-state index in [2.05, 4.69) is 85.8 Å². The largest absolute Gasteiger partial charge is 0.469 e. The molecule has 1 aliphatic rings. The molecule has 244 valence electrons. The zero-order valence-electron chi connectivity index (χ0n) is 28.6. The first kappa shape index (κ1) is 32.9. The standard InChI is InChI=1S/C38H48N4O4/c1-9-25-21(3)29-17-30-23(5)27(13-11-15-37(43)45-7)35(41-30)20-36-28(14-12-16-38(44)46-8)24(6)32(42-36)19-34-26(10-2)22(4)31(40-34)18-33(25)39-29/h17-20,39-42H,9-16H2,1-8H3. The second-order valence-corrected chi connectivity index (χ2v) is 12.4. The molecular formula is C38H48N4O4. The number of fused-ring (bicyclic) bond motifs is 8. The molecule has 0 saturated carbocycles. The number of carbonyl (C=O) groups is 2. The van der Waals surface area contributed by atoms with E-state index < -0.39 is 0 Å². The lowest BCUT2D eigenvalue weighted by Gasteiger charge is -2.04. The van der Waals surface area contributed by atoms with E-state index in [4.69, 9.17) is 9.47 Å². The van der Waals surface area contributed by atoms with Gasteiger partial charge in [0.2, 0.25) is 0 Å². The van der Waals surface area contributed by atoms with E-state index in [1.807, 2.05) is 0 Å². The average Bonchev–Trinajstić information content (AvgIpc) is 3.70. The molecule has 46 heavy (non-hydrogen) atoms. The Balaban J connectivity index is 1.81. The van der Waals surface area contributed by atoms with Crippen LogP contribution < -0.4 is 21.4 Å². The van der Waals surface area contributed by atoms with Crippen LogP contribution in [0.15, 0.2) is 0 Å². The molecule has 4 aromatic rings. The van der Waals surface area contributed by atoms with Gasteiger partial charge in [-0.2, -0.15) is 0 Å². The number of nitrogens with one attached hydrogen (secondary N) is 4. The maximum atomic E-state index is 12.0. The number of hydrogen-bond acceptors (Lipinski definition) is 4. The van der Waals surface area contributed by atoms with Crippen LogP contribution in [0, 0.1) is 27.7 Å². The number of rotatable bonds is 10. The van der Waals surface area contributed by atoms with Crippen molar-refractivity contribution in [2.75, 3.05) is 14.2 Å². The molecule has 0 unspecified atom stereocenters. The maximum absolute atomic E-state index is 12.0. The van der Waals surface area contributed by atoms with E-state index in [0.717, 1.165) is 75.4 Å². The van der Waals surface area contributed by atoms with Crippen LogP contribution >= 0.6 is 0 Å². The average molecular weight is 625 g/mol. The molecule has 0 aliphatic carbocycles. The summed E-state index contributed by atoms with van der Waals surface area (Å²) in [5, 5.41) is 4.27. The summed E-state index contributed by atoms with van der Waals surface area (Å²) in [4.78, 5) is 38.9. The van der Waals surface area contributed by atoms with Gasteiger partial charge in [0.05, 0.1) is 14.2 Å². The first-order valence-corrected chi connectivity index (χ1v) is 16.5. The highest BCUT2D eigenvalue weighted by Gasteiger charge is 2.17. The van der Waals surface area contributed by atoms with Gasteiger partial charge in [-0.25, -0.2) is 0 Å². The molecule has 8 bridgehead atoms. The minimum absolute atomic E-state index is 0.198. The SMILES string of the molecule is CCc1c2[nH]c(c1C)C=c1[nH]c(c(CCCC(=O)OC)c1C)=Cc1[nH]c(c(C)c1CCCC(=O)OC)C=c1[nH]c(c(C)c1CC)=C2. The van der Waals surface area contributed by atoms with Gasteiger partial charge in [-0.15, -0.1) is 0 Å². The molecule has 8 nitrogen and oxygen atoms in total. The Labute approximate surface area is 270 Å². The second kappa shape index (κ2) is 13.9. The lowest BCUT2D eigenvalue weighted by Crippen LogP contribution is -2.13. The highest BCUT2D eigenvalue weighted by Crippen LogP contribution is 2.24. The topological polar surface area (TPSA) is 116 Å². The van der Waals surface area contributed by atoms with Gasteiger partial charge >= 0.3 is 11.9 Å². The molecule has 8 heteroatoms.